The van der Waals surface area contributed by atoms with Gasteiger partial charge in [-0.15, -0.1) is 0 Å². The van der Waals surface area contributed by atoms with Crippen molar-refractivity contribution in [2.24, 2.45) is 11.8 Å². The third-order valence-corrected chi connectivity index (χ3v) is 3.59. The van der Waals surface area contributed by atoms with E-state index in [1.54, 1.807) is 12.5 Å². The fraction of sp³-hybridized carbons (Fsp3) is 0.615. The highest BCUT2D eigenvalue weighted by molar-refractivity contribution is 5.81. The lowest BCUT2D eigenvalue weighted by Crippen LogP contribution is -2.38. The predicted octanol–water partition coefficient (Wildman–Crippen LogP) is 0.889. The molecule has 1 aliphatic rings. The van der Waals surface area contributed by atoms with Crippen LogP contribution in [0.2, 0.25) is 0 Å². The van der Waals surface area contributed by atoms with Gasteiger partial charge in [0.05, 0.1) is 12.2 Å². The molecule has 0 aromatic carbocycles. The third kappa shape index (κ3) is 3.56. The second kappa shape index (κ2) is 5.86. The largest absolute Gasteiger partial charge is 0.481 e. The number of aliphatic carboxylic acids is 1. The topological polar surface area (TPSA) is 84.2 Å². The number of carbonyl (C=O) groups is 2. The number of nitrogens with one attached hydrogen (secondary N) is 1. The van der Waals surface area contributed by atoms with Crippen LogP contribution in [0.25, 0.3) is 0 Å². The molecule has 1 heterocycles. The molecule has 1 aromatic rings. The molecule has 6 heteroatoms. The minimum Gasteiger partial charge on any atom is -0.481 e. The summed E-state index contributed by atoms with van der Waals surface area (Å²) in [7, 11) is 0. The zero-order valence-electron chi connectivity index (χ0n) is 11.0. The third-order valence-electron chi connectivity index (χ3n) is 3.59. The molecule has 1 aliphatic carbocycles. The molecule has 2 rings (SSSR count). The predicted molar refractivity (Wildman–Crippen MR) is 68.3 cm³/mol. The van der Waals surface area contributed by atoms with E-state index in [9.17, 15) is 9.59 Å². The van der Waals surface area contributed by atoms with Gasteiger partial charge in [-0.05, 0) is 26.2 Å². The Balaban J connectivity index is 1.79. The normalized spacial score (nSPS) is 24.1. The van der Waals surface area contributed by atoms with Crippen molar-refractivity contribution >= 4 is 11.9 Å². The first-order valence-corrected chi connectivity index (χ1v) is 6.55. The lowest BCUT2D eigenvalue weighted by molar-refractivity contribution is -0.141. The molecule has 1 saturated carbocycles. The second-order valence-corrected chi connectivity index (χ2v) is 5.21. The Morgan fingerprint density at radius 1 is 1.47 bits per heavy atom. The number of hydrogen-bond donors (Lipinski definition) is 2. The van der Waals surface area contributed by atoms with Crippen LogP contribution in [0, 0.1) is 11.8 Å². The van der Waals surface area contributed by atoms with E-state index in [1.807, 2.05) is 17.7 Å². The summed E-state index contributed by atoms with van der Waals surface area (Å²) in [5.74, 6) is -1.34. The molecule has 1 fully saturated rings. The van der Waals surface area contributed by atoms with Crippen molar-refractivity contribution in [1.29, 1.82) is 0 Å². The average molecular weight is 265 g/mol. The lowest BCUT2D eigenvalue weighted by atomic mass is 10.0. The fourth-order valence-electron chi connectivity index (χ4n) is 2.56. The summed E-state index contributed by atoms with van der Waals surface area (Å²) in [5.41, 5.74) is 0. The number of nitrogens with zero attached hydrogens (tertiary/aromatic N) is 2. The van der Waals surface area contributed by atoms with Crippen molar-refractivity contribution in [3.8, 4) is 0 Å². The minimum absolute atomic E-state index is 0.00516. The van der Waals surface area contributed by atoms with Crippen LogP contribution in [0.4, 0.5) is 0 Å². The monoisotopic (exact) mass is 265 g/mol. The Labute approximate surface area is 111 Å². The molecule has 6 nitrogen and oxygen atoms in total. The van der Waals surface area contributed by atoms with Crippen molar-refractivity contribution in [3.05, 3.63) is 18.7 Å². The molecule has 0 aliphatic heterocycles. The van der Waals surface area contributed by atoms with Crippen LogP contribution in [0.15, 0.2) is 18.7 Å². The molecule has 0 radical (unpaired) electrons. The molecule has 1 aromatic heterocycles. The summed E-state index contributed by atoms with van der Waals surface area (Å²) in [6.45, 7) is 2.60. The van der Waals surface area contributed by atoms with Crippen LogP contribution in [0.5, 0.6) is 0 Å². The highest BCUT2D eigenvalue weighted by Crippen LogP contribution is 2.31. The summed E-state index contributed by atoms with van der Waals surface area (Å²) >= 11 is 0. The first kappa shape index (κ1) is 13.6. The Hall–Kier alpha value is -1.85. The molecule has 19 heavy (non-hydrogen) atoms. The van der Waals surface area contributed by atoms with Crippen LogP contribution in [0.3, 0.4) is 0 Å². The summed E-state index contributed by atoms with van der Waals surface area (Å²) in [5, 5.41) is 11.9. The number of aromatic nitrogens is 2. The molecular weight excluding hydrogens is 246 g/mol. The minimum atomic E-state index is -0.790. The molecule has 3 atom stereocenters. The first-order valence-electron chi connectivity index (χ1n) is 6.55. The van der Waals surface area contributed by atoms with Crippen molar-refractivity contribution in [1.82, 2.24) is 14.9 Å². The van der Waals surface area contributed by atoms with E-state index in [4.69, 9.17) is 5.11 Å². The zero-order valence-corrected chi connectivity index (χ0v) is 11.0. The Kier molecular flexibility index (Phi) is 4.19. The van der Waals surface area contributed by atoms with Gasteiger partial charge in [0.2, 0.25) is 5.91 Å². The first-order chi connectivity index (χ1) is 9.06. The van der Waals surface area contributed by atoms with Crippen LogP contribution in [-0.4, -0.2) is 32.6 Å². The van der Waals surface area contributed by atoms with Gasteiger partial charge in [-0.3, -0.25) is 9.59 Å². The molecule has 0 bridgehead atoms. The van der Waals surface area contributed by atoms with Gasteiger partial charge in [-0.1, -0.05) is 0 Å². The summed E-state index contributed by atoms with van der Waals surface area (Å²) < 4.78 is 1.90. The standard InChI is InChI=1S/C13H19N3O3/c1-9(7-16-5-4-14-8-16)15-12(17)10-2-3-11(6-10)13(18)19/h4-5,8-11H,2-3,6-7H2,1H3,(H,15,17)(H,18,19). The molecule has 104 valence electrons. The van der Waals surface area contributed by atoms with Gasteiger partial charge in [-0.25, -0.2) is 4.98 Å². The average Bonchev–Trinajstić information content (AvgIpc) is 2.98. The number of hydrogen-bond acceptors (Lipinski definition) is 3. The van der Waals surface area contributed by atoms with Gasteiger partial charge in [-0.2, -0.15) is 0 Å². The van der Waals surface area contributed by atoms with Gasteiger partial charge in [0, 0.05) is 30.9 Å². The molecule has 0 spiro atoms. The van der Waals surface area contributed by atoms with E-state index in [0.29, 0.717) is 25.8 Å². The Bertz CT molecular complexity index is 444. The molecular formula is C13H19N3O3. The van der Waals surface area contributed by atoms with Crippen molar-refractivity contribution < 1.29 is 14.7 Å². The number of carboxylic acids is 1. The number of carbonyl (C=O) groups excluding carboxylic acids is 1. The smallest absolute Gasteiger partial charge is 0.306 e. The molecule has 3 unspecified atom stereocenters. The number of imidazole rings is 1. The van der Waals surface area contributed by atoms with E-state index in [-0.39, 0.29) is 23.8 Å². The fourth-order valence-corrected chi connectivity index (χ4v) is 2.56. The summed E-state index contributed by atoms with van der Waals surface area (Å²) in [6.07, 6.45) is 6.98. The molecule has 0 saturated heterocycles. The van der Waals surface area contributed by atoms with Gasteiger partial charge < -0.3 is 15.0 Å². The van der Waals surface area contributed by atoms with E-state index in [0.717, 1.165) is 0 Å². The highest BCUT2D eigenvalue weighted by atomic mass is 16.4. The van der Waals surface area contributed by atoms with Crippen LogP contribution in [0.1, 0.15) is 26.2 Å². The number of amides is 1. The van der Waals surface area contributed by atoms with E-state index in [2.05, 4.69) is 10.3 Å². The van der Waals surface area contributed by atoms with E-state index in [1.165, 1.54) is 0 Å². The maximum Gasteiger partial charge on any atom is 0.306 e. The quantitative estimate of drug-likeness (QED) is 0.828. The number of rotatable bonds is 5. The van der Waals surface area contributed by atoms with Crippen LogP contribution in [-0.2, 0) is 16.1 Å². The van der Waals surface area contributed by atoms with Crippen LogP contribution < -0.4 is 5.32 Å². The van der Waals surface area contributed by atoms with Gasteiger partial charge >= 0.3 is 5.97 Å². The lowest BCUT2D eigenvalue weighted by Gasteiger charge is -2.17. The second-order valence-electron chi connectivity index (χ2n) is 5.21. The van der Waals surface area contributed by atoms with Gasteiger partial charge in [0.1, 0.15) is 0 Å². The summed E-state index contributed by atoms with van der Waals surface area (Å²) in [6, 6.07) is 0.00516. The van der Waals surface area contributed by atoms with Gasteiger partial charge in [0.25, 0.3) is 0 Å². The highest BCUT2D eigenvalue weighted by Gasteiger charge is 2.34. The van der Waals surface area contributed by atoms with E-state index < -0.39 is 5.97 Å². The maximum atomic E-state index is 12.0. The van der Waals surface area contributed by atoms with Crippen molar-refractivity contribution in [3.63, 3.8) is 0 Å². The van der Waals surface area contributed by atoms with E-state index >= 15 is 0 Å². The SMILES string of the molecule is CC(Cn1ccnc1)NC(=O)C1CCC(C(=O)O)C1. The Morgan fingerprint density at radius 2 is 2.21 bits per heavy atom. The Morgan fingerprint density at radius 3 is 2.79 bits per heavy atom. The van der Waals surface area contributed by atoms with Gasteiger partial charge in [0.15, 0.2) is 0 Å². The molecule has 1 amide bonds. The zero-order chi connectivity index (χ0) is 13.8. The van der Waals surface area contributed by atoms with Crippen LogP contribution >= 0.6 is 0 Å². The van der Waals surface area contributed by atoms with Crippen molar-refractivity contribution in [2.75, 3.05) is 0 Å². The summed E-state index contributed by atoms with van der Waals surface area (Å²) in [4.78, 5) is 26.8. The molecule has 2 N–H and O–H groups in total. The maximum absolute atomic E-state index is 12.0. The van der Waals surface area contributed by atoms with Crippen molar-refractivity contribution in [2.45, 2.75) is 38.8 Å². The number of carboxylic acid groups (broad SMARTS) is 1.